The number of aromatic nitrogens is 2. The van der Waals surface area contributed by atoms with E-state index >= 15 is 0 Å². The highest BCUT2D eigenvalue weighted by molar-refractivity contribution is 5.94. The van der Waals surface area contributed by atoms with E-state index in [1.807, 2.05) is 0 Å². The zero-order valence-electron chi connectivity index (χ0n) is 8.29. The van der Waals surface area contributed by atoms with Crippen molar-refractivity contribution in [1.82, 2.24) is 9.78 Å². The summed E-state index contributed by atoms with van der Waals surface area (Å²) in [6.45, 7) is 3.15. The highest BCUT2D eigenvalue weighted by atomic mass is 16.1. The van der Waals surface area contributed by atoms with Crippen molar-refractivity contribution in [3.63, 3.8) is 0 Å². The molecule has 0 spiro atoms. The van der Waals surface area contributed by atoms with E-state index in [0.717, 1.165) is 0 Å². The molecule has 0 fully saturated rings. The molecule has 0 unspecified atom stereocenters. The average molecular weight is 196 g/mol. The predicted octanol–water partition coefficient (Wildman–Crippen LogP) is 0.255. The summed E-state index contributed by atoms with van der Waals surface area (Å²) in [6.07, 6.45) is 0.543. The van der Waals surface area contributed by atoms with Gasteiger partial charge in [-0.2, -0.15) is 5.10 Å². The van der Waals surface area contributed by atoms with Gasteiger partial charge in [0, 0.05) is 14.0 Å². The Balaban J connectivity index is 3.10. The largest absolute Gasteiger partial charge is 0.322 e. The number of nitrogens with one attached hydrogen (secondary N) is 2. The van der Waals surface area contributed by atoms with Gasteiger partial charge in [-0.25, -0.2) is 0 Å². The van der Waals surface area contributed by atoms with Crippen LogP contribution in [0, 0.1) is 6.92 Å². The number of hydrogen-bond donors (Lipinski definition) is 2. The second kappa shape index (κ2) is 3.91. The summed E-state index contributed by atoms with van der Waals surface area (Å²) in [6, 6.07) is 0. The third kappa shape index (κ3) is 1.90. The second-order valence-corrected chi connectivity index (χ2v) is 2.88. The van der Waals surface area contributed by atoms with Crippen LogP contribution < -0.4 is 10.6 Å². The normalized spacial score (nSPS) is 9.64. The highest BCUT2D eigenvalue weighted by Gasteiger charge is 2.13. The number of anilines is 2. The lowest BCUT2D eigenvalue weighted by atomic mass is 10.3. The Kier molecular flexibility index (Phi) is 2.85. The molecule has 1 heterocycles. The van der Waals surface area contributed by atoms with Gasteiger partial charge in [0.1, 0.15) is 5.69 Å². The van der Waals surface area contributed by atoms with Crippen molar-refractivity contribution in [2.75, 3.05) is 10.6 Å². The maximum Gasteiger partial charge on any atom is 0.221 e. The maximum atomic E-state index is 10.9. The number of nitrogens with zero attached hydrogens (tertiary/aromatic N) is 2. The van der Waals surface area contributed by atoms with Crippen molar-refractivity contribution in [3.8, 4) is 0 Å². The summed E-state index contributed by atoms with van der Waals surface area (Å²) >= 11 is 0. The van der Waals surface area contributed by atoms with Gasteiger partial charge in [0.25, 0.3) is 0 Å². The highest BCUT2D eigenvalue weighted by Crippen LogP contribution is 2.24. The van der Waals surface area contributed by atoms with Gasteiger partial charge >= 0.3 is 0 Å². The molecular formula is C8H12N4O2. The Labute approximate surface area is 81.3 Å². The Morgan fingerprint density at radius 3 is 2.71 bits per heavy atom. The maximum absolute atomic E-state index is 10.9. The van der Waals surface area contributed by atoms with E-state index in [1.165, 1.54) is 11.6 Å². The van der Waals surface area contributed by atoms with E-state index in [2.05, 4.69) is 15.7 Å². The number of hydrogen-bond acceptors (Lipinski definition) is 3. The SMILES string of the molecule is CC(=O)Nc1c(C)nn(C)c1NC=O. The smallest absolute Gasteiger partial charge is 0.221 e. The van der Waals surface area contributed by atoms with Crippen LogP contribution >= 0.6 is 0 Å². The molecule has 1 aromatic rings. The number of carbonyl (C=O) groups is 2. The summed E-state index contributed by atoms with van der Waals surface area (Å²) in [5.74, 6) is 0.280. The molecule has 0 radical (unpaired) electrons. The van der Waals surface area contributed by atoms with Crippen LogP contribution in [-0.4, -0.2) is 22.1 Å². The van der Waals surface area contributed by atoms with E-state index in [4.69, 9.17) is 0 Å². The first-order valence-electron chi connectivity index (χ1n) is 4.07. The van der Waals surface area contributed by atoms with Crippen molar-refractivity contribution in [3.05, 3.63) is 5.69 Å². The van der Waals surface area contributed by atoms with Gasteiger partial charge in [0.15, 0.2) is 5.82 Å². The van der Waals surface area contributed by atoms with Crippen LogP contribution in [0.3, 0.4) is 0 Å². The molecule has 0 aliphatic carbocycles. The van der Waals surface area contributed by atoms with Crippen LogP contribution in [0.15, 0.2) is 0 Å². The monoisotopic (exact) mass is 196 g/mol. The van der Waals surface area contributed by atoms with Crippen LogP contribution in [0.2, 0.25) is 0 Å². The molecule has 2 N–H and O–H groups in total. The molecule has 0 aliphatic rings. The number of amides is 2. The minimum Gasteiger partial charge on any atom is -0.322 e. The molecule has 0 aromatic carbocycles. The topological polar surface area (TPSA) is 76.0 Å². The van der Waals surface area contributed by atoms with Crippen molar-refractivity contribution in [1.29, 1.82) is 0 Å². The van der Waals surface area contributed by atoms with E-state index in [9.17, 15) is 9.59 Å². The Morgan fingerprint density at radius 1 is 1.57 bits per heavy atom. The molecule has 0 saturated heterocycles. The number of rotatable bonds is 3. The molecule has 6 heteroatoms. The van der Waals surface area contributed by atoms with E-state index < -0.39 is 0 Å². The van der Waals surface area contributed by atoms with Crippen LogP contribution in [0.1, 0.15) is 12.6 Å². The third-order valence-corrected chi connectivity index (χ3v) is 1.72. The second-order valence-electron chi connectivity index (χ2n) is 2.88. The van der Waals surface area contributed by atoms with Gasteiger partial charge < -0.3 is 10.6 Å². The molecule has 6 nitrogen and oxygen atoms in total. The Bertz CT molecular complexity index is 370. The lowest BCUT2D eigenvalue weighted by molar-refractivity contribution is -0.114. The lowest BCUT2D eigenvalue weighted by Gasteiger charge is -2.04. The van der Waals surface area contributed by atoms with Crippen molar-refractivity contribution in [2.45, 2.75) is 13.8 Å². The van der Waals surface area contributed by atoms with Crippen LogP contribution in [0.4, 0.5) is 11.5 Å². The van der Waals surface area contributed by atoms with Gasteiger partial charge in [-0.3, -0.25) is 14.3 Å². The lowest BCUT2D eigenvalue weighted by Crippen LogP contribution is -2.09. The molecule has 1 rings (SSSR count). The molecule has 0 saturated carbocycles. The summed E-state index contributed by atoms with van der Waals surface area (Å²) in [5.41, 5.74) is 1.19. The Morgan fingerprint density at radius 2 is 2.21 bits per heavy atom. The summed E-state index contributed by atoms with van der Waals surface area (Å²) < 4.78 is 1.50. The standard InChI is InChI=1S/C8H12N4O2/c1-5-7(10-6(2)14)8(9-4-13)12(3)11-5/h4H,1-3H3,(H,9,13)(H,10,14). The van der Waals surface area contributed by atoms with Crippen LogP contribution in [0.25, 0.3) is 0 Å². The minimum absolute atomic E-state index is 0.199. The molecule has 2 amide bonds. The first kappa shape index (κ1) is 10.2. The van der Waals surface area contributed by atoms with Crippen LogP contribution in [-0.2, 0) is 16.6 Å². The zero-order valence-corrected chi connectivity index (χ0v) is 8.29. The van der Waals surface area contributed by atoms with E-state index in [-0.39, 0.29) is 5.91 Å². The molecule has 0 atom stereocenters. The third-order valence-electron chi connectivity index (χ3n) is 1.72. The van der Waals surface area contributed by atoms with Crippen molar-refractivity contribution in [2.24, 2.45) is 7.05 Å². The number of carbonyl (C=O) groups excluding carboxylic acids is 2. The summed E-state index contributed by atoms with van der Waals surface area (Å²) in [7, 11) is 1.68. The summed E-state index contributed by atoms with van der Waals surface area (Å²) in [5, 5.41) is 9.14. The zero-order chi connectivity index (χ0) is 10.7. The van der Waals surface area contributed by atoms with E-state index in [0.29, 0.717) is 23.6 Å². The first-order valence-corrected chi connectivity index (χ1v) is 4.07. The molecule has 76 valence electrons. The van der Waals surface area contributed by atoms with Gasteiger partial charge in [-0.05, 0) is 6.92 Å². The van der Waals surface area contributed by atoms with Crippen molar-refractivity contribution >= 4 is 23.8 Å². The van der Waals surface area contributed by atoms with Gasteiger partial charge in [0.2, 0.25) is 12.3 Å². The number of aryl methyl sites for hydroxylation is 2. The van der Waals surface area contributed by atoms with Gasteiger partial charge in [0.05, 0.1) is 5.69 Å². The fourth-order valence-corrected chi connectivity index (χ4v) is 1.21. The average Bonchev–Trinajstić information content (AvgIpc) is 2.31. The summed E-state index contributed by atoms with van der Waals surface area (Å²) in [4.78, 5) is 21.2. The van der Waals surface area contributed by atoms with Gasteiger partial charge in [-0.1, -0.05) is 0 Å². The molecule has 0 aliphatic heterocycles. The van der Waals surface area contributed by atoms with E-state index in [1.54, 1.807) is 14.0 Å². The Hall–Kier alpha value is -1.85. The molecule has 14 heavy (non-hydrogen) atoms. The molecular weight excluding hydrogens is 184 g/mol. The fourth-order valence-electron chi connectivity index (χ4n) is 1.21. The molecule has 1 aromatic heterocycles. The molecule has 0 bridgehead atoms. The predicted molar refractivity (Wildman–Crippen MR) is 51.9 cm³/mol. The van der Waals surface area contributed by atoms with Crippen molar-refractivity contribution < 1.29 is 9.59 Å². The van der Waals surface area contributed by atoms with Crippen LogP contribution in [0.5, 0.6) is 0 Å². The quantitative estimate of drug-likeness (QED) is 0.680. The first-order chi connectivity index (χ1) is 6.56. The fraction of sp³-hybridized carbons (Fsp3) is 0.375. The minimum atomic E-state index is -0.199. The van der Waals surface area contributed by atoms with Gasteiger partial charge in [-0.15, -0.1) is 0 Å².